The molecule has 0 heterocycles. The molecule has 0 spiro atoms. The molecule has 0 aromatic heterocycles. The number of sulfonamides is 1. The highest BCUT2D eigenvalue weighted by atomic mass is 32.2. The summed E-state index contributed by atoms with van der Waals surface area (Å²) in [6.45, 7) is 7.61. The van der Waals surface area contributed by atoms with Crippen LogP contribution >= 0.6 is 0 Å². The van der Waals surface area contributed by atoms with E-state index in [1.807, 2.05) is 57.2 Å². The molecule has 1 aliphatic rings. The Morgan fingerprint density at radius 3 is 2.23 bits per heavy atom. The maximum Gasteiger partial charge on any atom is 0.264 e. The summed E-state index contributed by atoms with van der Waals surface area (Å²) >= 11 is 0. The van der Waals surface area contributed by atoms with Gasteiger partial charge in [0.25, 0.3) is 10.0 Å². The molecule has 9 heteroatoms. The number of nitrogens with zero attached hydrogens (tertiary/aromatic N) is 2. The Morgan fingerprint density at radius 2 is 1.60 bits per heavy atom. The molecule has 3 aromatic rings. The van der Waals surface area contributed by atoms with E-state index in [9.17, 15) is 18.0 Å². The van der Waals surface area contributed by atoms with Crippen molar-refractivity contribution in [2.75, 3.05) is 17.5 Å². The monoisotopic (exact) mass is 605 g/mol. The molecular weight excluding hydrogens is 562 g/mol. The lowest BCUT2D eigenvalue weighted by Gasteiger charge is -2.33. The number of aryl methyl sites for hydroxylation is 2. The van der Waals surface area contributed by atoms with Crippen molar-refractivity contribution in [1.29, 1.82) is 0 Å². The molecule has 0 unspecified atom stereocenters. The van der Waals surface area contributed by atoms with Gasteiger partial charge in [0.2, 0.25) is 11.8 Å². The number of carbonyl (C=O) groups excluding carboxylic acids is 2. The number of rotatable bonds is 12. The highest BCUT2D eigenvalue weighted by Gasteiger charge is 2.33. The van der Waals surface area contributed by atoms with Crippen molar-refractivity contribution in [3.63, 3.8) is 0 Å². The van der Waals surface area contributed by atoms with Crippen LogP contribution in [0.3, 0.4) is 0 Å². The second-order valence-electron chi connectivity index (χ2n) is 11.3. The van der Waals surface area contributed by atoms with E-state index in [1.165, 1.54) is 17.0 Å². The first-order valence-corrected chi connectivity index (χ1v) is 16.5. The molecule has 230 valence electrons. The average molecular weight is 606 g/mol. The van der Waals surface area contributed by atoms with Gasteiger partial charge in [-0.25, -0.2) is 8.42 Å². The van der Waals surface area contributed by atoms with Crippen LogP contribution in [-0.4, -0.2) is 50.4 Å². The van der Waals surface area contributed by atoms with Crippen LogP contribution in [-0.2, 0) is 26.2 Å². The Morgan fingerprint density at radius 1 is 0.930 bits per heavy atom. The highest BCUT2D eigenvalue weighted by Crippen LogP contribution is 2.27. The predicted molar refractivity (Wildman–Crippen MR) is 170 cm³/mol. The van der Waals surface area contributed by atoms with Crippen molar-refractivity contribution in [2.45, 2.75) is 83.3 Å². The van der Waals surface area contributed by atoms with Crippen molar-refractivity contribution in [3.05, 3.63) is 89.5 Å². The van der Waals surface area contributed by atoms with Crippen LogP contribution in [0.5, 0.6) is 5.75 Å². The lowest BCUT2D eigenvalue weighted by atomic mass is 9.95. The third-order valence-corrected chi connectivity index (χ3v) is 9.67. The summed E-state index contributed by atoms with van der Waals surface area (Å²) in [6, 6.07) is 20.2. The van der Waals surface area contributed by atoms with Crippen LogP contribution in [0.1, 0.15) is 62.6 Å². The molecular formula is C34H43N3O5S. The molecule has 43 heavy (non-hydrogen) atoms. The Labute approximate surface area is 256 Å². The van der Waals surface area contributed by atoms with Gasteiger partial charge in [0, 0.05) is 12.6 Å². The summed E-state index contributed by atoms with van der Waals surface area (Å²) in [5.74, 6) is -0.145. The van der Waals surface area contributed by atoms with E-state index in [2.05, 4.69) is 5.32 Å². The summed E-state index contributed by atoms with van der Waals surface area (Å²) in [4.78, 5) is 29.1. The third-order valence-electron chi connectivity index (χ3n) is 7.88. The van der Waals surface area contributed by atoms with E-state index >= 15 is 0 Å². The molecule has 0 saturated heterocycles. The Balaban J connectivity index is 1.67. The van der Waals surface area contributed by atoms with Crippen molar-refractivity contribution in [2.24, 2.45) is 0 Å². The lowest BCUT2D eigenvalue weighted by Crippen LogP contribution is -2.53. The van der Waals surface area contributed by atoms with E-state index in [0.717, 1.165) is 53.1 Å². The minimum Gasteiger partial charge on any atom is -0.494 e. The number of ether oxygens (including phenoxy) is 1. The number of amides is 2. The predicted octanol–water partition coefficient (Wildman–Crippen LogP) is 5.76. The van der Waals surface area contributed by atoms with Crippen LogP contribution in [0, 0.1) is 13.8 Å². The summed E-state index contributed by atoms with van der Waals surface area (Å²) in [6.07, 6.45) is 5.15. The van der Waals surface area contributed by atoms with Gasteiger partial charge < -0.3 is 15.0 Å². The van der Waals surface area contributed by atoms with Gasteiger partial charge in [0.05, 0.1) is 17.2 Å². The molecule has 1 atom stereocenters. The second kappa shape index (κ2) is 14.6. The Bertz CT molecular complexity index is 1480. The van der Waals surface area contributed by atoms with Gasteiger partial charge in [0.15, 0.2) is 0 Å². The molecule has 1 saturated carbocycles. The number of anilines is 1. The first kappa shape index (κ1) is 32.1. The maximum absolute atomic E-state index is 14.2. The minimum absolute atomic E-state index is 0.0395. The molecule has 4 rings (SSSR count). The van der Waals surface area contributed by atoms with Crippen LogP contribution in [0.15, 0.2) is 77.7 Å². The van der Waals surface area contributed by atoms with E-state index < -0.39 is 28.5 Å². The van der Waals surface area contributed by atoms with E-state index in [0.29, 0.717) is 18.0 Å². The molecule has 0 aliphatic heterocycles. The SMILES string of the molecule is CCOc1ccc(S(=O)(=O)N(CC(=O)N(Cc2cccc(C)c2)[C@@H](C)C(=O)NC2CCCCC2)c2ccc(C)cc2)cc1. The van der Waals surface area contributed by atoms with Gasteiger partial charge >= 0.3 is 0 Å². The maximum atomic E-state index is 14.2. The number of hydrogen-bond acceptors (Lipinski definition) is 5. The number of hydrogen-bond donors (Lipinski definition) is 1. The molecule has 8 nitrogen and oxygen atoms in total. The fourth-order valence-electron chi connectivity index (χ4n) is 5.40. The minimum atomic E-state index is -4.15. The van der Waals surface area contributed by atoms with E-state index in [4.69, 9.17) is 4.74 Å². The summed E-state index contributed by atoms with van der Waals surface area (Å²) in [5, 5.41) is 3.14. The molecule has 1 N–H and O–H groups in total. The van der Waals surface area contributed by atoms with Crippen molar-refractivity contribution in [3.8, 4) is 5.75 Å². The first-order chi connectivity index (χ1) is 20.6. The Kier molecular flexibility index (Phi) is 10.9. The molecule has 0 radical (unpaired) electrons. The molecule has 1 fully saturated rings. The van der Waals surface area contributed by atoms with Crippen molar-refractivity contribution in [1.82, 2.24) is 10.2 Å². The van der Waals surface area contributed by atoms with E-state index in [1.54, 1.807) is 31.2 Å². The lowest BCUT2D eigenvalue weighted by molar-refractivity contribution is -0.139. The van der Waals surface area contributed by atoms with Gasteiger partial charge in [-0.15, -0.1) is 0 Å². The first-order valence-electron chi connectivity index (χ1n) is 15.1. The van der Waals surface area contributed by atoms with Crippen LogP contribution < -0.4 is 14.4 Å². The molecule has 3 aromatic carbocycles. The largest absolute Gasteiger partial charge is 0.494 e. The molecule has 0 bridgehead atoms. The number of nitrogens with one attached hydrogen (secondary N) is 1. The standard InChI is InChI=1S/C34H43N3O5S/c1-5-42-31-18-20-32(21-19-31)43(40,41)37(30-16-14-25(2)15-17-30)24-33(38)36(23-28-11-9-10-26(3)22-28)27(4)34(39)35-29-12-7-6-8-13-29/h9-11,14-22,27,29H,5-8,12-13,23-24H2,1-4H3,(H,35,39)/t27-/m0/s1. The van der Waals surface area contributed by atoms with E-state index in [-0.39, 0.29) is 23.4 Å². The smallest absolute Gasteiger partial charge is 0.264 e. The second-order valence-corrected chi connectivity index (χ2v) is 13.1. The molecule has 1 aliphatic carbocycles. The summed E-state index contributed by atoms with van der Waals surface area (Å²) in [7, 11) is -4.15. The Hall–Kier alpha value is -3.85. The average Bonchev–Trinajstić information content (AvgIpc) is 2.99. The molecule has 2 amide bonds. The summed E-state index contributed by atoms with van der Waals surface area (Å²) in [5.41, 5.74) is 3.22. The number of carbonyl (C=O) groups is 2. The van der Waals surface area contributed by atoms with Gasteiger partial charge in [-0.2, -0.15) is 0 Å². The van der Waals surface area contributed by atoms with Crippen molar-refractivity contribution < 1.29 is 22.7 Å². The zero-order valence-corrected chi connectivity index (χ0v) is 26.4. The normalized spacial score (nSPS) is 14.5. The number of benzene rings is 3. The summed E-state index contributed by atoms with van der Waals surface area (Å²) < 4.78 is 34.7. The van der Waals surface area contributed by atoms with Gasteiger partial charge in [-0.3, -0.25) is 13.9 Å². The highest BCUT2D eigenvalue weighted by molar-refractivity contribution is 7.92. The van der Waals surface area contributed by atoms with Crippen LogP contribution in [0.2, 0.25) is 0 Å². The quantitative estimate of drug-likeness (QED) is 0.283. The topological polar surface area (TPSA) is 96.0 Å². The fourth-order valence-corrected chi connectivity index (χ4v) is 6.81. The van der Waals surface area contributed by atoms with Gasteiger partial charge in [-0.1, -0.05) is 66.8 Å². The van der Waals surface area contributed by atoms with Gasteiger partial charge in [-0.05, 0) is 82.5 Å². The third kappa shape index (κ3) is 8.38. The zero-order valence-electron chi connectivity index (χ0n) is 25.6. The van der Waals surface area contributed by atoms with Gasteiger partial charge in [0.1, 0.15) is 18.3 Å². The van der Waals surface area contributed by atoms with Crippen molar-refractivity contribution >= 4 is 27.5 Å². The van der Waals surface area contributed by atoms with Crippen LogP contribution in [0.25, 0.3) is 0 Å². The zero-order chi connectivity index (χ0) is 31.0. The van der Waals surface area contributed by atoms with Crippen LogP contribution in [0.4, 0.5) is 5.69 Å². The fraction of sp³-hybridized carbons (Fsp3) is 0.412.